The molecule has 0 saturated heterocycles. The maximum Gasteiger partial charge on any atom is 0.435 e. The Bertz CT molecular complexity index is 536. The quantitative estimate of drug-likeness (QED) is 0.648. The van der Waals surface area contributed by atoms with Crippen LogP contribution < -0.4 is 0 Å². The van der Waals surface area contributed by atoms with Crippen LogP contribution in [0.1, 0.15) is 18.9 Å². The number of rotatable bonds is 1. The van der Waals surface area contributed by atoms with Gasteiger partial charge >= 0.3 is 6.18 Å². The van der Waals surface area contributed by atoms with E-state index < -0.39 is 18.2 Å². The number of hydrogen-bond acceptors (Lipinski definition) is 2. The van der Waals surface area contributed by atoms with Crippen molar-refractivity contribution in [2.45, 2.75) is 25.1 Å². The number of nitrogens with zero attached hydrogens (tertiary/aromatic N) is 1. The molecule has 1 unspecified atom stereocenters. The summed E-state index contributed by atoms with van der Waals surface area (Å²) in [6.45, 7) is 1.45. The van der Waals surface area contributed by atoms with E-state index in [0.717, 1.165) is 12.1 Å². The molecule has 0 bridgehead atoms. The molecule has 2 rings (SSSR count). The lowest BCUT2D eigenvalue weighted by atomic mass is 9.88. The molecule has 19 heavy (non-hydrogen) atoms. The van der Waals surface area contributed by atoms with Gasteiger partial charge in [0.2, 0.25) is 0 Å². The third-order valence-electron chi connectivity index (χ3n) is 2.77. The molecule has 0 saturated carbocycles. The van der Waals surface area contributed by atoms with E-state index in [0.29, 0.717) is 0 Å². The molecule has 1 aromatic carbocycles. The molecule has 1 atom stereocenters. The first-order valence-corrected chi connectivity index (χ1v) is 6.24. The van der Waals surface area contributed by atoms with E-state index in [4.69, 9.17) is 34.8 Å². The van der Waals surface area contributed by atoms with Gasteiger partial charge in [0.1, 0.15) is 0 Å². The zero-order chi connectivity index (χ0) is 14.4. The van der Waals surface area contributed by atoms with Gasteiger partial charge in [-0.2, -0.15) is 13.2 Å². The maximum atomic E-state index is 13.3. The first kappa shape index (κ1) is 14.8. The van der Waals surface area contributed by atoms with E-state index in [1.54, 1.807) is 0 Å². The number of hydrogen-bond donors (Lipinski definition) is 0. The Labute approximate surface area is 122 Å². The van der Waals surface area contributed by atoms with Crippen molar-refractivity contribution in [1.29, 1.82) is 0 Å². The summed E-state index contributed by atoms with van der Waals surface area (Å²) in [6, 6.07) is 2.19. The molecule has 0 radical (unpaired) electrons. The van der Waals surface area contributed by atoms with Crippen molar-refractivity contribution in [3.05, 3.63) is 32.8 Å². The van der Waals surface area contributed by atoms with Crippen LogP contribution in [0.2, 0.25) is 15.1 Å². The molecular formula is C11H7Cl3F3NO. The van der Waals surface area contributed by atoms with Gasteiger partial charge in [0.15, 0.2) is 0 Å². The highest BCUT2D eigenvalue weighted by molar-refractivity contribution is 6.48. The lowest BCUT2D eigenvalue weighted by molar-refractivity contribution is -0.275. The van der Waals surface area contributed by atoms with Crippen molar-refractivity contribution >= 4 is 40.5 Å². The minimum atomic E-state index is -4.66. The van der Waals surface area contributed by atoms with E-state index in [9.17, 15) is 13.2 Å². The van der Waals surface area contributed by atoms with Gasteiger partial charge in [0.25, 0.3) is 5.60 Å². The molecule has 1 aliphatic heterocycles. The molecule has 0 spiro atoms. The van der Waals surface area contributed by atoms with Crippen LogP contribution in [0.25, 0.3) is 0 Å². The molecule has 8 heteroatoms. The van der Waals surface area contributed by atoms with Crippen molar-refractivity contribution in [3.63, 3.8) is 0 Å². The van der Waals surface area contributed by atoms with Gasteiger partial charge in [-0.15, -0.1) is 0 Å². The summed E-state index contributed by atoms with van der Waals surface area (Å²) in [4.78, 5) is 4.66. The Morgan fingerprint density at radius 3 is 2.11 bits per heavy atom. The molecule has 104 valence electrons. The van der Waals surface area contributed by atoms with Crippen molar-refractivity contribution in [2.75, 3.05) is 0 Å². The molecule has 0 fully saturated rings. The normalized spacial score (nSPS) is 23.2. The van der Waals surface area contributed by atoms with Gasteiger partial charge in [0.05, 0.1) is 20.8 Å². The van der Waals surface area contributed by atoms with Crippen LogP contribution in [0.15, 0.2) is 17.3 Å². The maximum absolute atomic E-state index is 13.3. The van der Waals surface area contributed by atoms with Gasteiger partial charge in [-0.25, -0.2) is 0 Å². The second-order valence-electron chi connectivity index (χ2n) is 4.17. The predicted molar refractivity (Wildman–Crippen MR) is 68.0 cm³/mol. The van der Waals surface area contributed by atoms with Crippen LogP contribution in [-0.2, 0) is 10.4 Å². The topological polar surface area (TPSA) is 21.6 Å². The zero-order valence-corrected chi connectivity index (χ0v) is 11.8. The van der Waals surface area contributed by atoms with Gasteiger partial charge in [-0.3, -0.25) is 0 Å². The highest BCUT2D eigenvalue weighted by atomic mass is 35.5. The van der Waals surface area contributed by atoms with Gasteiger partial charge in [-0.1, -0.05) is 40.0 Å². The number of halogens is 6. The van der Waals surface area contributed by atoms with Crippen LogP contribution >= 0.6 is 34.8 Å². The van der Waals surface area contributed by atoms with Gasteiger partial charge < -0.3 is 4.84 Å². The minimum Gasteiger partial charge on any atom is -0.374 e. The fourth-order valence-electron chi connectivity index (χ4n) is 1.84. The van der Waals surface area contributed by atoms with E-state index in [1.807, 2.05) is 0 Å². The first-order chi connectivity index (χ1) is 8.67. The SMILES string of the molecule is CC1=NOC(c2cc(Cl)c(Cl)c(Cl)c2)(C(F)(F)F)C1. The highest BCUT2D eigenvalue weighted by Gasteiger charge is 2.61. The number of oxime groups is 1. The third kappa shape index (κ3) is 2.39. The van der Waals surface area contributed by atoms with Crippen LogP contribution in [0.4, 0.5) is 13.2 Å². The highest BCUT2D eigenvalue weighted by Crippen LogP contribution is 2.49. The average molecular weight is 333 g/mol. The molecule has 1 aliphatic rings. The van der Waals surface area contributed by atoms with Crippen LogP contribution in [-0.4, -0.2) is 11.9 Å². The standard InChI is InChI=1S/C11H7Cl3F3NO/c1-5-4-10(19-18-5,11(15,16)17)6-2-7(12)9(14)8(13)3-6/h2-3H,4H2,1H3. The lowest BCUT2D eigenvalue weighted by Gasteiger charge is -2.29. The van der Waals surface area contributed by atoms with Crippen LogP contribution in [0.3, 0.4) is 0 Å². The molecule has 0 amide bonds. The molecule has 0 aliphatic carbocycles. The van der Waals surface area contributed by atoms with Gasteiger partial charge in [-0.05, 0) is 19.1 Å². The Kier molecular flexibility index (Phi) is 3.66. The van der Waals surface area contributed by atoms with Crippen LogP contribution in [0.5, 0.6) is 0 Å². The molecule has 1 heterocycles. The Morgan fingerprint density at radius 2 is 1.74 bits per heavy atom. The van der Waals surface area contributed by atoms with Crippen LogP contribution in [0, 0.1) is 0 Å². The summed E-state index contributed by atoms with van der Waals surface area (Å²) in [5, 5.41) is 3.25. The van der Waals surface area contributed by atoms with E-state index in [-0.39, 0.29) is 26.3 Å². The lowest BCUT2D eigenvalue weighted by Crippen LogP contribution is -2.42. The number of benzene rings is 1. The first-order valence-electron chi connectivity index (χ1n) is 5.11. The van der Waals surface area contributed by atoms with Crippen molar-refractivity contribution in [1.82, 2.24) is 0 Å². The summed E-state index contributed by atoms with van der Waals surface area (Å²) in [6.07, 6.45) is -5.07. The summed E-state index contributed by atoms with van der Waals surface area (Å²) in [7, 11) is 0. The monoisotopic (exact) mass is 331 g/mol. The summed E-state index contributed by atoms with van der Waals surface area (Å²) < 4.78 is 40.0. The molecule has 2 nitrogen and oxygen atoms in total. The van der Waals surface area contributed by atoms with Gasteiger partial charge in [0, 0.05) is 12.0 Å². The fourth-order valence-corrected chi connectivity index (χ4v) is 2.44. The predicted octanol–water partition coefficient (Wildman–Crippen LogP) is 5.20. The molecule has 0 aromatic heterocycles. The Hall–Kier alpha value is -0.650. The summed E-state index contributed by atoms with van der Waals surface area (Å²) in [5.74, 6) is 0. The summed E-state index contributed by atoms with van der Waals surface area (Å²) >= 11 is 17.3. The zero-order valence-electron chi connectivity index (χ0n) is 9.49. The summed E-state index contributed by atoms with van der Waals surface area (Å²) in [5.41, 5.74) is -2.55. The second kappa shape index (κ2) is 4.72. The smallest absolute Gasteiger partial charge is 0.374 e. The van der Waals surface area contributed by atoms with E-state index in [2.05, 4.69) is 9.99 Å². The van der Waals surface area contributed by atoms with E-state index in [1.165, 1.54) is 6.92 Å². The van der Waals surface area contributed by atoms with Crippen molar-refractivity contribution in [2.24, 2.45) is 5.16 Å². The fraction of sp³-hybridized carbons (Fsp3) is 0.364. The van der Waals surface area contributed by atoms with Crippen molar-refractivity contribution < 1.29 is 18.0 Å². The molecular weight excluding hydrogens is 325 g/mol. The van der Waals surface area contributed by atoms with E-state index >= 15 is 0 Å². The Morgan fingerprint density at radius 1 is 1.21 bits per heavy atom. The minimum absolute atomic E-state index is 0.0000417. The molecule has 1 aromatic rings. The second-order valence-corrected chi connectivity index (χ2v) is 5.37. The largest absolute Gasteiger partial charge is 0.435 e. The Balaban J connectivity index is 2.59. The third-order valence-corrected chi connectivity index (χ3v) is 3.97. The van der Waals surface area contributed by atoms with Crippen molar-refractivity contribution in [3.8, 4) is 0 Å². The number of alkyl halides is 3. The molecule has 0 N–H and O–H groups in total. The average Bonchev–Trinajstić information content (AvgIpc) is 2.68.